The number of aliphatic carboxylic acids is 1. The molecule has 0 heterocycles. The number of hydrogen-bond acceptors (Lipinski definition) is 3. The van der Waals surface area contributed by atoms with Crippen molar-refractivity contribution in [2.24, 2.45) is 17.6 Å². The van der Waals surface area contributed by atoms with Gasteiger partial charge in [-0.3, -0.25) is 9.59 Å². The molecule has 0 saturated carbocycles. The van der Waals surface area contributed by atoms with Gasteiger partial charge in [-0.1, -0.05) is 20.3 Å². The molecule has 0 fully saturated rings. The average Bonchev–Trinajstić information content (AvgIpc) is 2.31. The molecule has 1 amide bonds. The minimum absolute atomic E-state index is 0.00251. The Hall–Kier alpha value is -1.10. The number of nitrogens with two attached hydrogens (primary N) is 1. The SMILES string of the molecule is CCC(CNC(=O)CCC(C)CCN)CC(=O)O. The highest BCUT2D eigenvalue weighted by atomic mass is 16.4. The normalized spacial score (nSPS) is 13.9. The van der Waals surface area contributed by atoms with E-state index in [1.165, 1.54) is 0 Å². The molecule has 5 heteroatoms. The van der Waals surface area contributed by atoms with Gasteiger partial charge in [-0.05, 0) is 31.2 Å². The molecule has 0 aromatic heterocycles. The summed E-state index contributed by atoms with van der Waals surface area (Å²) in [6.45, 7) is 5.12. The molecule has 0 aliphatic heterocycles. The molecule has 0 aromatic rings. The van der Waals surface area contributed by atoms with E-state index in [1.54, 1.807) is 0 Å². The van der Waals surface area contributed by atoms with Crippen molar-refractivity contribution in [2.45, 2.75) is 46.0 Å². The van der Waals surface area contributed by atoms with Gasteiger partial charge >= 0.3 is 5.97 Å². The zero-order valence-corrected chi connectivity index (χ0v) is 11.4. The number of carbonyl (C=O) groups is 2. The Labute approximate surface area is 109 Å². The number of nitrogens with one attached hydrogen (secondary N) is 1. The first-order chi connectivity index (χ1) is 8.49. The number of carboxylic acid groups (broad SMARTS) is 1. The second-order valence-electron chi connectivity index (χ2n) is 4.90. The molecule has 5 nitrogen and oxygen atoms in total. The lowest BCUT2D eigenvalue weighted by molar-refractivity contribution is -0.138. The van der Waals surface area contributed by atoms with Crippen LogP contribution in [0.5, 0.6) is 0 Å². The van der Waals surface area contributed by atoms with Crippen LogP contribution in [-0.4, -0.2) is 30.1 Å². The molecule has 0 aliphatic rings. The molecule has 2 atom stereocenters. The first-order valence-corrected chi connectivity index (χ1v) is 6.68. The molecular formula is C13H26N2O3. The second-order valence-corrected chi connectivity index (χ2v) is 4.90. The Bertz CT molecular complexity index is 257. The van der Waals surface area contributed by atoms with Crippen molar-refractivity contribution >= 4 is 11.9 Å². The molecule has 18 heavy (non-hydrogen) atoms. The van der Waals surface area contributed by atoms with Crippen molar-refractivity contribution in [1.29, 1.82) is 0 Å². The number of carbonyl (C=O) groups excluding carboxylic acids is 1. The van der Waals surface area contributed by atoms with Crippen LogP contribution in [-0.2, 0) is 9.59 Å². The summed E-state index contributed by atoms with van der Waals surface area (Å²) in [6.07, 6.45) is 3.13. The Balaban J connectivity index is 3.77. The van der Waals surface area contributed by atoms with Gasteiger partial charge in [0.1, 0.15) is 0 Å². The van der Waals surface area contributed by atoms with Crippen LogP contribution in [0.15, 0.2) is 0 Å². The first-order valence-electron chi connectivity index (χ1n) is 6.68. The fraction of sp³-hybridized carbons (Fsp3) is 0.846. The molecule has 0 bridgehead atoms. The van der Waals surface area contributed by atoms with Gasteiger partial charge in [-0.15, -0.1) is 0 Å². The van der Waals surface area contributed by atoms with Gasteiger partial charge in [0.2, 0.25) is 5.91 Å². The number of hydrogen-bond donors (Lipinski definition) is 3. The molecule has 0 spiro atoms. The molecule has 4 N–H and O–H groups in total. The largest absolute Gasteiger partial charge is 0.481 e. The van der Waals surface area contributed by atoms with Gasteiger partial charge in [0.25, 0.3) is 0 Å². The van der Waals surface area contributed by atoms with E-state index >= 15 is 0 Å². The number of carboxylic acids is 1. The van der Waals surface area contributed by atoms with Crippen LogP contribution in [0.1, 0.15) is 46.0 Å². The quantitative estimate of drug-likeness (QED) is 0.552. The summed E-state index contributed by atoms with van der Waals surface area (Å²) < 4.78 is 0. The molecule has 0 aromatic carbocycles. The highest BCUT2D eigenvalue weighted by Crippen LogP contribution is 2.10. The maximum absolute atomic E-state index is 11.6. The van der Waals surface area contributed by atoms with Crippen molar-refractivity contribution in [3.8, 4) is 0 Å². The van der Waals surface area contributed by atoms with Crippen molar-refractivity contribution < 1.29 is 14.7 Å². The standard InChI is InChI=1S/C13H26N2O3/c1-3-11(8-13(17)18)9-15-12(16)5-4-10(2)6-7-14/h10-11H,3-9,14H2,1-2H3,(H,15,16)(H,17,18). The molecule has 0 aliphatic carbocycles. The Morgan fingerprint density at radius 3 is 2.50 bits per heavy atom. The van der Waals surface area contributed by atoms with Gasteiger partial charge in [0.15, 0.2) is 0 Å². The molecular weight excluding hydrogens is 232 g/mol. The van der Waals surface area contributed by atoms with E-state index in [0.717, 1.165) is 19.3 Å². The summed E-state index contributed by atoms with van der Waals surface area (Å²) in [6, 6.07) is 0. The molecule has 0 saturated heterocycles. The number of amides is 1. The fourth-order valence-corrected chi connectivity index (χ4v) is 1.76. The van der Waals surface area contributed by atoms with Crippen molar-refractivity contribution in [2.75, 3.05) is 13.1 Å². The summed E-state index contributed by atoms with van der Waals surface area (Å²) in [7, 11) is 0. The van der Waals surface area contributed by atoms with Crippen LogP contribution in [0, 0.1) is 11.8 Å². The van der Waals surface area contributed by atoms with E-state index in [2.05, 4.69) is 12.2 Å². The summed E-state index contributed by atoms with van der Waals surface area (Å²) in [5.41, 5.74) is 5.44. The third-order valence-electron chi connectivity index (χ3n) is 3.15. The lowest BCUT2D eigenvalue weighted by atomic mass is 10.0. The van der Waals surface area contributed by atoms with Crippen molar-refractivity contribution in [1.82, 2.24) is 5.32 Å². The van der Waals surface area contributed by atoms with E-state index in [4.69, 9.17) is 10.8 Å². The topological polar surface area (TPSA) is 92.4 Å². The molecule has 106 valence electrons. The van der Waals surface area contributed by atoms with E-state index in [9.17, 15) is 9.59 Å². The Kier molecular flexibility index (Phi) is 9.28. The maximum atomic E-state index is 11.6. The summed E-state index contributed by atoms with van der Waals surface area (Å²) in [4.78, 5) is 22.1. The Morgan fingerprint density at radius 1 is 1.33 bits per heavy atom. The van der Waals surface area contributed by atoms with Gasteiger partial charge in [-0.25, -0.2) is 0 Å². The van der Waals surface area contributed by atoms with Gasteiger partial charge in [-0.2, -0.15) is 0 Å². The monoisotopic (exact) mass is 258 g/mol. The zero-order chi connectivity index (χ0) is 14.0. The van der Waals surface area contributed by atoms with Crippen LogP contribution in [0.4, 0.5) is 0 Å². The van der Waals surface area contributed by atoms with E-state index < -0.39 is 5.97 Å². The lowest BCUT2D eigenvalue weighted by Crippen LogP contribution is -2.30. The van der Waals surface area contributed by atoms with Crippen LogP contribution < -0.4 is 11.1 Å². The second kappa shape index (κ2) is 9.88. The molecule has 0 radical (unpaired) electrons. The van der Waals surface area contributed by atoms with Crippen molar-refractivity contribution in [3.05, 3.63) is 0 Å². The summed E-state index contributed by atoms with van der Waals surface area (Å²) in [5.74, 6) is -0.329. The average molecular weight is 258 g/mol. The van der Waals surface area contributed by atoms with E-state index in [1.807, 2.05) is 6.92 Å². The first kappa shape index (κ1) is 16.9. The lowest BCUT2D eigenvalue weighted by Gasteiger charge is -2.14. The summed E-state index contributed by atoms with van der Waals surface area (Å²) in [5, 5.41) is 11.5. The third kappa shape index (κ3) is 8.98. The minimum atomic E-state index is -0.812. The Morgan fingerprint density at radius 2 is 2.00 bits per heavy atom. The van der Waals surface area contributed by atoms with Gasteiger partial charge in [0, 0.05) is 19.4 Å². The zero-order valence-electron chi connectivity index (χ0n) is 11.4. The molecule has 0 rings (SSSR count). The maximum Gasteiger partial charge on any atom is 0.303 e. The summed E-state index contributed by atoms with van der Waals surface area (Å²) >= 11 is 0. The predicted molar refractivity (Wildman–Crippen MR) is 71.1 cm³/mol. The van der Waals surface area contributed by atoms with Crippen LogP contribution in [0.2, 0.25) is 0 Å². The van der Waals surface area contributed by atoms with E-state index in [-0.39, 0.29) is 18.2 Å². The van der Waals surface area contributed by atoms with Gasteiger partial charge < -0.3 is 16.2 Å². The van der Waals surface area contributed by atoms with Crippen LogP contribution in [0.3, 0.4) is 0 Å². The van der Waals surface area contributed by atoms with Crippen molar-refractivity contribution in [3.63, 3.8) is 0 Å². The van der Waals surface area contributed by atoms with Crippen LogP contribution >= 0.6 is 0 Å². The highest BCUT2D eigenvalue weighted by Gasteiger charge is 2.13. The smallest absolute Gasteiger partial charge is 0.303 e. The number of rotatable bonds is 10. The van der Waals surface area contributed by atoms with Crippen LogP contribution in [0.25, 0.3) is 0 Å². The highest BCUT2D eigenvalue weighted by molar-refractivity contribution is 5.76. The van der Waals surface area contributed by atoms with Gasteiger partial charge in [0.05, 0.1) is 0 Å². The molecule has 2 unspecified atom stereocenters. The third-order valence-corrected chi connectivity index (χ3v) is 3.15. The predicted octanol–water partition coefficient (Wildman–Crippen LogP) is 1.37. The van der Waals surface area contributed by atoms with E-state index in [0.29, 0.717) is 25.4 Å². The fourth-order valence-electron chi connectivity index (χ4n) is 1.76. The minimum Gasteiger partial charge on any atom is -0.481 e.